The summed E-state index contributed by atoms with van der Waals surface area (Å²) in [5.41, 5.74) is 1.13. The molecule has 0 saturated heterocycles. The van der Waals surface area contributed by atoms with Gasteiger partial charge in [0.15, 0.2) is 16.3 Å². The number of nitrogens with zero attached hydrogens (tertiary/aromatic N) is 4. The second-order valence-electron chi connectivity index (χ2n) is 5.72. The van der Waals surface area contributed by atoms with Crippen LogP contribution in [0.25, 0.3) is 10.2 Å². The third-order valence-electron chi connectivity index (χ3n) is 3.77. The fourth-order valence-electron chi connectivity index (χ4n) is 2.68. The van der Waals surface area contributed by atoms with Crippen LogP contribution >= 0.6 is 11.3 Å². The molecular formula is C17H18F2N4O2S. The molecule has 3 aromatic rings. The van der Waals surface area contributed by atoms with Crippen molar-refractivity contribution in [2.24, 2.45) is 12.0 Å². The summed E-state index contributed by atoms with van der Waals surface area (Å²) >= 11 is 1.05. The zero-order valence-electron chi connectivity index (χ0n) is 14.6. The molecule has 3 rings (SSSR count). The van der Waals surface area contributed by atoms with E-state index in [1.807, 2.05) is 6.92 Å². The molecule has 2 heterocycles. The zero-order chi connectivity index (χ0) is 18.8. The standard InChI is InChI=1S/C17H18F2N4O2S/c1-4-25-6-5-23-15-12(19)7-11(18)8-13(15)26-17(23)20-16(24)14-10(2)9-22(3)21-14/h7-9H,4-6H2,1-3H3. The van der Waals surface area contributed by atoms with E-state index in [1.165, 1.54) is 10.7 Å². The maximum Gasteiger partial charge on any atom is 0.300 e. The summed E-state index contributed by atoms with van der Waals surface area (Å²) in [5, 5.41) is 4.11. The Morgan fingerprint density at radius 2 is 2.15 bits per heavy atom. The van der Waals surface area contributed by atoms with E-state index in [0.29, 0.717) is 30.0 Å². The van der Waals surface area contributed by atoms with Crippen LogP contribution in [0.15, 0.2) is 23.3 Å². The third kappa shape index (κ3) is 3.58. The van der Waals surface area contributed by atoms with Crippen molar-refractivity contribution in [2.75, 3.05) is 13.2 Å². The predicted octanol–water partition coefficient (Wildman–Crippen LogP) is 2.80. The second kappa shape index (κ2) is 7.46. The van der Waals surface area contributed by atoms with Gasteiger partial charge < -0.3 is 9.30 Å². The highest BCUT2D eigenvalue weighted by Crippen LogP contribution is 2.22. The molecule has 0 atom stereocenters. The number of hydrogen-bond acceptors (Lipinski definition) is 4. The Labute approximate surface area is 152 Å². The lowest BCUT2D eigenvalue weighted by molar-refractivity contribution is 0.0990. The molecule has 2 aromatic heterocycles. The van der Waals surface area contributed by atoms with E-state index in [1.54, 1.807) is 24.7 Å². The van der Waals surface area contributed by atoms with E-state index in [-0.39, 0.29) is 16.0 Å². The number of hydrogen-bond donors (Lipinski definition) is 0. The lowest BCUT2D eigenvalue weighted by Crippen LogP contribution is -2.20. The van der Waals surface area contributed by atoms with E-state index < -0.39 is 17.5 Å². The van der Waals surface area contributed by atoms with Crippen LogP contribution in [0.1, 0.15) is 23.0 Å². The van der Waals surface area contributed by atoms with Gasteiger partial charge in [0.05, 0.1) is 16.8 Å². The highest BCUT2D eigenvalue weighted by molar-refractivity contribution is 7.16. The number of aromatic nitrogens is 3. The van der Waals surface area contributed by atoms with Gasteiger partial charge in [0.25, 0.3) is 5.91 Å². The van der Waals surface area contributed by atoms with Crippen LogP contribution in [-0.4, -0.2) is 33.5 Å². The van der Waals surface area contributed by atoms with Crippen molar-refractivity contribution >= 4 is 27.5 Å². The summed E-state index contributed by atoms with van der Waals surface area (Å²) in [5.74, 6) is -1.90. The Morgan fingerprint density at radius 3 is 2.81 bits per heavy atom. The molecular weight excluding hydrogens is 362 g/mol. The van der Waals surface area contributed by atoms with Gasteiger partial charge in [0.1, 0.15) is 5.82 Å². The molecule has 138 valence electrons. The molecule has 0 saturated carbocycles. The minimum Gasteiger partial charge on any atom is -0.380 e. The van der Waals surface area contributed by atoms with E-state index in [9.17, 15) is 13.6 Å². The zero-order valence-corrected chi connectivity index (χ0v) is 15.4. The Balaban J connectivity index is 2.14. The quantitative estimate of drug-likeness (QED) is 0.640. The average molecular weight is 380 g/mol. The molecule has 6 nitrogen and oxygen atoms in total. The van der Waals surface area contributed by atoms with Crippen LogP contribution in [0.4, 0.5) is 8.78 Å². The second-order valence-corrected chi connectivity index (χ2v) is 6.73. The first-order chi connectivity index (χ1) is 12.4. The van der Waals surface area contributed by atoms with Crippen LogP contribution in [0, 0.1) is 18.6 Å². The van der Waals surface area contributed by atoms with Gasteiger partial charge in [-0.2, -0.15) is 10.1 Å². The number of benzene rings is 1. The number of ether oxygens (including phenoxy) is 1. The molecule has 0 radical (unpaired) electrons. The van der Waals surface area contributed by atoms with Crippen molar-refractivity contribution in [3.05, 3.63) is 46.0 Å². The van der Waals surface area contributed by atoms with Gasteiger partial charge in [-0.25, -0.2) is 8.78 Å². The number of carbonyl (C=O) groups is 1. The van der Waals surface area contributed by atoms with E-state index in [2.05, 4.69) is 10.1 Å². The van der Waals surface area contributed by atoms with Crippen LogP contribution in [-0.2, 0) is 18.3 Å². The van der Waals surface area contributed by atoms with Gasteiger partial charge in [-0.05, 0) is 19.9 Å². The van der Waals surface area contributed by atoms with E-state index >= 15 is 0 Å². The van der Waals surface area contributed by atoms with Gasteiger partial charge in [-0.1, -0.05) is 11.3 Å². The number of fused-ring (bicyclic) bond motifs is 1. The molecule has 1 aromatic carbocycles. The Hall–Kier alpha value is -2.39. The predicted molar refractivity (Wildman–Crippen MR) is 94.1 cm³/mol. The summed E-state index contributed by atoms with van der Waals surface area (Å²) in [4.78, 5) is 16.9. The summed E-state index contributed by atoms with van der Waals surface area (Å²) in [7, 11) is 1.71. The fraction of sp³-hybridized carbons (Fsp3) is 0.353. The van der Waals surface area contributed by atoms with E-state index in [4.69, 9.17) is 4.74 Å². The maximum atomic E-state index is 14.3. The first-order valence-corrected chi connectivity index (χ1v) is 8.87. The molecule has 0 spiro atoms. The van der Waals surface area contributed by atoms with Crippen molar-refractivity contribution in [3.8, 4) is 0 Å². The molecule has 0 fully saturated rings. The van der Waals surface area contributed by atoms with Crippen molar-refractivity contribution in [2.45, 2.75) is 20.4 Å². The Morgan fingerprint density at radius 1 is 1.38 bits per heavy atom. The van der Waals surface area contributed by atoms with Crippen LogP contribution < -0.4 is 4.80 Å². The molecule has 1 amide bonds. The largest absolute Gasteiger partial charge is 0.380 e. The van der Waals surface area contributed by atoms with Gasteiger partial charge >= 0.3 is 0 Å². The number of carbonyl (C=O) groups excluding carboxylic acids is 1. The lowest BCUT2D eigenvalue weighted by atomic mass is 10.3. The first-order valence-electron chi connectivity index (χ1n) is 8.06. The monoisotopic (exact) mass is 380 g/mol. The molecule has 0 bridgehead atoms. The van der Waals surface area contributed by atoms with E-state index in [0.717, 1.165) is 17.4 Å². The van der Waals surface area contributed by atoms with Crippen molar-refractivity contribution < 1.29 is 18.3 Å². The Kier molecular flexibility index (Phi) is 5.28. The minimum atomic E-state index is -0.698. The molecule has 26 heavy (non-hydrogen) atoms. The summed E-state index contributed by atoms with van der Waals surface area (Å²) in [6.45, 7) is 4.75. The van der Waals surface area contributed by atoms with Gasteiger partial charge in [-0.3, -0.25) is 9.48 Å². The summed E-state index contributed by atoms with van der Waals surface area (Å²) in [6.07, 6.45) is 1.71. The van der Waals surface area contributed by atoms with Crippen LogP contribution in [0.3, 0.4) is 0 Å². The SMILES string of the molecule is CCOCCn1c(=NC(=O)c2nn(C)cc2C)sc2cc(F)cc(F)c21. The molecule has 0 N–H and O–H groups in total. The first kappa shape index (κ1) is 18.4. The molecule has 0 aliphatic carbocycles. The minimum absolute atomic E-state index is 0.209. The van der Waals surface area contributed by atoms with Gasteiger partial charge in [-0.15, -0.1) is 0 Å². The number of thiazole rings is 1. The number of aryl methyl sites for hydroxylation is 2. The lowest BCUT2D eigenvalue weighted by Gasteiger charge is -2.06. The smallest absolute Gasteiger partial charge is 0.300 e. The van der Waals surface area contributed by atoms with Crippen molar-refractivity contribution in [1.82, 2.24) is 14.3 Å². The average Bonchev–Trinajstić information content (AvgIpc) is 3.07. The topological polar surface area (TPSA) is 61.4 Å². The van der Waals surface area contributed by atoms with Gasteiger partial charge in [0.2, 0.25) is 0 Å². The molecule has 0 aliphatic heterocycles. The summed E-state index contributed by atoms with van der Waals surface area (Å²) < 4.78 is 36.7. The van der Waals surface area contributed by atoms with Crippen molar-refractivity contribution in [3.63, 3.8) is 0 Å². The van der Waals surface area contributed by atoms with Crippen LogP contribution in [0.5, 0.6) is 0 Å². The van der Waals surface area contributed by atoms with Crippen molar-refractivity contribution in [1.29, 1.82) is 0 Å². The van der Waals surface area contributed by atoms with Crippen LogP contribution in [0.2, 0.25) is 0 Å². The normalized spacial score (nSPS) is 12.3. The fourth-order valence-corrected chi connectivity index (χ4v) is 3.77. The molecule has 9 heteroatoms. The molecule has 0 unspecified atom stereocenters. The Bertz CT molecular complexity index is 1040. The number of halogens is 2. The summed E-state index contributed by atoms with van der Waals surface area (Å²) in [6, 6.07) is 2.05. The highest BCUT2D eigenvalue weighted by atomic mass is 32.1. The number of rotatable bonds is 5. The highest BCUT2D eigenvalue weighted by Gasteiger charge is 2.16. The van der Waals surface area contributed by atoms with Gasteiger partial charge in [0, 0.05) is 38.0 Å². The number of amides is 1. The maximum absolute atomic E-state index is 14.3. The third-order valence-corrected chi connectivity index (χ3v) is 4.80. The molecule has 0 aliphatic rings.